The van der Waals surface area contributed by atoms with E-state index in [1.807, 2.05) is 13.1 Å². The second kappa shape index (κ2) is 7.23. The summed E-state index contributed by atoms with van der Waals surface area (Å²) in [6.45, 7) is 9.93. The lowest BCUT2D eigenvalue weighted by Gasteiger charge is -2.42. The number of azide groups is 1. The van der Waals surface area contributed by atoms with Gasteiger partial charge in [0.05, 0.1) is 19.0 Å². The van der Waals surface area contributed by atoms with Gasteiger partial charge in [-0.15, -0.1) is 0 Å². The molecule has 3 rings (SSSR count). The van der Waals surface area contributed by atoms with E-state index in [0.29, 0.717) is 5.52 Å². The van der Waals surface area contributed by atoms with Crippen molar-refractivity contribution >= 4 is 31.1 Å². The molecular weight excluding hydrogens is 405 g/mol. The normalized spacial score (nSPS) is 25.8. The molecule has 1 saturated heterocycles. The van der Waals surface area contributed by atoms with Gasteiger partial charge in [-0.1, -0.05) is 37.5 Å². The third kappa shape index (κ3) is 3.48. The molecule has 2 aromatic heterocycles. The summed E-state index contributed by atoms with van der Waals surface area (Å²) in [7, 11) is -2.38. The predicted molar refractivity (Wildman–Crippen MR) is 105 cm³/mol. The highest BCUT2D eigenvalue weighted by Crippen LogP contribution is 2.44. The molecule has 0 spiro atoms. The Hall–Kier alpha value is -1.78. The van der Waals surface area contributed by atoms with Gasteiger partial charge >= 0.3 is 0 Å². The van der Waals surface area contributed by atoms with Gasteiger partial charge in [0.2, 0.25) is 5.79 Å². The zero-order valence-electron chi connectivity index (χ0n) is 16.4. The number of rotatable bonds is 5. The number of imidazole rings is 1. The lowest BCUT2D eigenvalue weighted by Crippen LogP contribution is -2.53. The van der Waals surface area contributed by atoms with Gasteiger partial charge in [-0.25, -0.2) is 19.3 Å². The molecule has 152 valence electrons. The fourth-order valence-electron chi connectivity index (χ4n) is 2.89. The van der Waals surface area contributed by atoms with Gasteiger partial charge in [0.25, 0.3) is 0 Å². The van der Waals surface area contributed by atoms with Gasteiger partial charge in [0.1, 0.15) is 24.6 Å². The zero-order valence-corrected chi connectivity index (χ0v) is 18.2. The van der Waals surface area contributed by atoms with E-state index in [1.54, 1.807) is 0 Å². The summed E-state index contributed by atoms with van der Waals surface area (Å²) in [6.07, 6.45) is 0.852. The molecule has 0 bridgehead atoms. The fourth-order valence-corrected chi connectivity index (χ4v) is 4.39. The van der Waals surface area contributed by atoms with E-state index < -0.39 is 26.3 Å². The van der Waals surface area contributed by atoms with Crippen molar-refractivity contribution in [1.29, 1.82) is 0 Å². The standard InChI is InChI=1S/C16H23ClFN7O2Si/c1-15(2,3)28(4,5)27-12-10(6-23-24-19)26-7-16(12,18)25-9-22-11-13(17)20-8-21-14(11)25/h8-10,12H,6-7H2,1-5H3/t10-,12?,16-/m1/s1. The van der Waals surface area contributed by atoms with E-state index in [9.17, 15) is 0 Å². The topological polar surface area (TPSA) is 111 Å². The minimum absolute atomic E-state index is 0.0379. The largest absolute Gasteiger partial charge is 0.406 e. The van der Waals surface area contributed by atoms with Crippen LogP contribution in [0.2, 0.25) is 23.3 Å². The van der Waals surface area contributed by atoms with Crippen molar-refractivity contribution < 1.29 is 13.6 Å². The molecule has 0 radical (unpaired) electrons. The van der Waals surface area contributed by atoms with E-state index in [0.717, 1.165) is 0 Å². The molecule has 3 atom stereocenters. The van der Waals surface area contributed by atoms with Crippen molar-refractivity contribution in [3.05, 3.63) is 28.3 Å². The Labute approximate surface area is 168 Å². The minimum Gasteiger partial charge on any atom is -0.406 e. The molecule has 1 aliphatic heterocycles. The van der Waals surface area contributed by atoms with Gasteiger partial charge in [-0.2, -0.15) is 0 Å². The number of alkyl halides is 1. The van der Waals surface area contributed by atoms with Crippen LogP contribution in [0, 0.1) is 0 Å². The van der Waals surface area contributed by atoms with Crippen LogP contribution >= 0.6 is 11.6 Å². The fraction of sp³-hybridized carbons (Fsp3) is 0.688. The Morgan fingerprint density at radius 1 is 1.46 bits per heavy atom. The summed E-state index contributed by atoms with van der Waals surface area (Å²) in [5, 5.41) is 3.56. The van der Waals surface area contributed by atoms with E-state index in [2.05, 4.69) is 45.7 Å². The number of halogens is 2. The highest BCUT2D eigenvalue weighted by atomic mass is 35.5. The number of aromatic nitrogens is 4. The van der Waals surface area contributed by atoms with Crippen LogP contribution in [0.3, 0.4) is 0 Å². The first kappa shape index (κ1) is 20.9. The summed E-state index contributed by atoms with van der Waals surface area (Å²) in [5.74, 6) is -2.09. The molecule has 2 aromatic rings. The highest BCUT2D eigenvalue weighted by molar-refractivity contribution is 6.74. The smallest absolute Gasteiger partial charge is 0.239 e. The summed E-state index contributed by atoms with van der Waals surface area (Å²) in [6, 6.07) is 0. The first-order valence-corrected chi connectivity index (χ1v) is 12.1. The van der Waals surface area contributed by atoms with Gasteiger partial charge in [0.15, 0.2) is 19.1 Å². The van der Waals surface area contributed by atoms with Crippen LogP contribution in [0.15, 0.2) is 17.8 Å². The molecule has 0 aromatic carbocycles. The molecule has 28 heavy (non-hydrogen) atoms. The summed E-state index contributed by atoms with van der Waals surface area (Å²) >= 11 is 6.06. The van der Waals surface area contributed by atoms with Gasteiger partial charge in [-0.3, -0.25) is 4.57 Å². The third-order valence-corrected chi connectivity index (χ3v) is 10.2. The quantitative estimate of drug-likeness (QED) is 0.233. The van der Waals surface area contributed by atoms with Crippen molar-refractivity contribution in [1.82, 2.24) is 19.5 Å². The maximum Gasteiger partial charge on any atom is 0.239 e. The lowest BCUT2D eigenvalue weighted by atomic mass is 10.1. The Morgan fingerprint density at radius 3 is 2.82 bits per heavy atom. The predicted octanol–water partition coefficient (Wildman–Crippen LogP) is 4.20. The van der Waals surface area contributed by atoms with E-state index in [4.69, 9.17) is 26.3 Å². The van der Waals surface area contributed by atoms with Crippen LogP contribution in [-0.4, -0.2) is 53.2 Å². The van der Waals surface area contributed by atoms with Crippen molar-refractivity contribution in [2.24, 2.45) is 5.11 Å². The minimum atomic E-state index is -2.38. The number of hydrogen-bond donors (Lipinski definition) is 0. The van der Waals surface area contributed by atoms with Gasteiger partial charge in [0, 0.05) is 4.91 Å². The Kier molecular flexibility index (Phi) is 5.41. The van der Waals surface area contributed by atoms with Crippen molar-refractivity contribution in [3.8, 4) is 0 Å². The van der Waals surface area contributed by atoms with Crippen molar-refractivity contribution in [3.63, 3.8) is 0 Å². The first-order chi connectivity index (χ1) is 13.0. The molecule has 3 heterocycles. The summed E-state index contributed by atoms with van der Waals surface area (Å²) in [5.41, 5.74) is 9.24. The second-order valence-electron chi connectivity index (χ2n) is 8.33. The highest BCUT2D eigenvalue weighted by Gasteiger charge is 2.56. The summed E-state index contributed by atoms with van der Waals surface area (Å²) < 4.78 is 29.8. The van der Waals surface area contributed by atoms with Gasteiger partial charge in [-0.05, 0) is 23.7 Å². The number of fused-ring (bicyclic) bond motifs is 1. The van der Waals surface area contributed by atoms with Crippen LogP contribution < -0.4 is 0 Å². The van der Waals surface area contributed by atoms with Crippen LogP contribution in [0.1, 0.15) is 20.8 Å². The van der Waals surface area contributed by atoms with Crippen molar-refractivity contribution in [2.75, 3.05) is 13.2 Å². The molecule has 0 saturated carbocycles. The molecule has 1 unspecified atom stereocenters. The number of nitrogens with zero attached hydrogens (tertiary/aromatic N) is 7. The molecule has 0 N–H and O–H groups in total. The monoisotopic (exact) mass is 427 g/mol. The maximum absolute atomic E-state index is 16.5. The van der Waals surface area contributed by atoms with Crippen molar-refractivity contribution in [2.45, 2.75) is 56.9 Å². The average Bonchev–Trinajstić information content (AvgIpc) is 3.16. The lowest BCUT2D eigenvalue weighted by molar-refractivity contribution is -0.0294. The Bertz CT molecular complexity index is 927. The average molecular weight is 428 g/mol. The zero-order chi connectivity index (χ0) is 20.7. The molecule has 0 aliphatic carbocycles. The summed E-state index contributed by atoms with van der Waals surface area (Å²) in [4.78, 5) is 15.0. The van der Waals surface area contributed by atoms with E-state index >= 15 is 4.39 Å². The number of hydrogen-bond acceptors (Lipinski definition) is 6. The molecule has 9 nitrogen and oxygen atoms in total. The SMILES string of the molecule is CC(C)(C)[Si](C)(C)OC1[C@@H](CN=[N+]=[N-])OC[C@@]1(F)n1cnc2c(Cl)ncnc21. The van der Waals surface area contributed by atoms with E-state index in [-0.39, 0.29) is 29.0 Å². The third-order valence-electron chi connectivity index (χ3n) is 5.52. The van der Waals surface area contributed by atoms with E-state index in [1.165, 1.54) is 17.2 Å². The van der Waals surface area contributed by atoms with Crippen LogP contribution in [-0.2, 0) is 15.0 Å². The Balaban J connectivity index is 2.08. The number of ether oxygens (including phenoxy) is 1. The molecule has 1 aliphatic rings. The van der Waals surface area contributed by atoms with Crippen LogP contribution in [0.25, 0.3) is 21.6 Å². The molecule has 1 fully saturated rings. The van der Waals surface area contributed by atoms with Crippen LogP contribution in [0.4, 0.5) is 4.39 Å². The molecule has 0 amide bonds. The van der Waals surface area contributed by atoms with Gasteiger partial charge < -0.3 is 9.16 Å². The first-order valence-electron chi connectivity index (χ1n) is 8.84. The molecule has 12 heteroatoms. The van der Waals surface area contributed by atoms with Crippen LogP contribution in [0.5, 0.6) is 0 Å². The maximum atomic E-state index is 16.5. The Morgan fingerprint density at radius 2 is 2.18 bits per heavy atom. The second-order valence-corrected chi connectivity index (χ2v) is 13.4. The molecular formula is C16H23ClFN7O2Si.